The molecule has 0 aliphatic heterocycles. The number of halogens is 3. The fraction of sp³-hybridized carbons (Fsp3) is 0.214. The van der Waals surface area contributed by atoms with Gasteiger partial charge in [-0.05, 0) is 0 Å². The van der Waals surface area contributed by atoms with Gasteiger partial charge in [0.25, 0.3) is 0 Å². The molecule has 0 aromatic heterocycles. The molecule has 0 fully saturated rings. The van der Waals surface area contributed by atoms with Crippen LogP contribution in [0.2, 0.25) is 0 Å². The van der Waals surface area contributed by atoms with E-state index in [2.05, 4.69) is 128 Å². The Morgan fingerprint density at radius 2 is 0.970 bits per heavy atom. The van der Waals surface area contributed by atoms with Crippen molar-refractivity contribution in [3.05, 3.63) is 110 Å². The molecule has 0 atom stereocenters. The predicted molar refractivity (Wildman–Crippen MR) is 128 cm³/mol. The van der Waals surface area contributed by atoms with Gasteiger partial charge in [0.05, 0.1) is 0 Å². The Hall–Kier alpha value is -1.06. The van der Waals surface area contributed by atoms with Crippen molar-refractivity contribution in [2.45, 2.75) is 41.0 Å². The van der Waals surface area contributed by atoms with Crippen LogP contribution < -0.4 is 52.8 Å². The van der Waals surface area contributed by atoms with Crippen molar-refractivity contribution in [1.29, 1.82) is 0 Å². The fourth-order valence-corrected chi connectivity index (χ4v) is 11.2. The molecule has 1 aliphatic carbocycles. The predicted octanol–water partition coefficient (Wildman–Crippen LogP) is -3.83. The number of rotatable bonds is 4. The van der Waals surface area contributed by atoms with Gasteiger partial charge in [0, 0.05) is 0 Å². The van der Waals surface area contributed by atoms with Crippen LogP contribution in [-0.2, 0) is 20.4 Å². The van der Waals surface area contributed by atoms with E-state index in [4.69, 9.17) is 0 Å². The number of allylic oxidation sites excluding steroid dienone is 4. The zero-order valence-electron chi connectivity index (χ0n) is 19.8. The molecule has 0 bridgehead atoms. The minimum atomic E-state index is -2.39. The summed E-state index contributed by atoms with van der Waals surface area (Å²) in [5.41, 5.74) is 7.03. The van der Waals surface area contributed by atoms with Gasteiger partial charge in [0.1, 0.15) is 0 Å². The van der Waals surface area contributed by atoms with Gasteiger partial charge >= 0.3 is 195 Å². The molecular formula is C28H29Cl3SiTi. The van der Waals surface area contributed by atoms with E-state index in [1.54, 1.807) is 5.20 Å². The van der Waals surface area contributed by atoms with Crippen molar-refractivity contribution < 1.29 is 57.7 Å². The maximum absolute atomic E-state index is 2.44. The Labute approximate surface area is 230 Å². The van der Waals surface area contributed by atoms with Gasteiger partial charge in [-0.15, -0.1) is 0 Å². The summed E-state index contributed by atoms with van der Waals surface area (Å²) in [6.07, 6.45) is 1.08. The number of benzene rings is 3. The second-order valence-electron chi connectivity index (χ2n) is 8.79. The van der Waals surface area contributed by atoms with Gasteiger partial charge in [-0.3, -0.25) is 0 Å². The van der Waals surface area contributed by atoms with Gasteiger partial charge in [0.15, 0.2) is 0 Å². The molecule has 0 unspecified atom stereocenters. The summed E-state index contributed by atoms with van der Waals surface area (Å²) >= 11 is 2.31. The van der Waals surface area contributed by atoms with E-state index < -0.39 is 8.07 Å². The maximum Gasteiger partial charge on any atom is -1.00 e. The molecule has 3 aromatic carbocycles. The van der Waals surface area contributed by atoms with Gasteiger partial charge < -0.3 is 37.2 Å². The van der Waals surface area contributed by atoms with E-state index in [-0.39, 0.29) is 37.2 Å². The first-order chi connectivity index (χ1) is 14.3. The summed E-state index contributed by atoms with van der Waals surface area (Å²) in [7, 11) is -2.39. The maximum atomic E-state index is 2.44. The van der Waals surface area contributed by atoms with Crippen molar-refractivity contribution in [2.24, 2.45) is 0 Å². The van der Waals surface area contributed by atoms with Gasteiger partial charge in [-0.1, -0.05) is 0 Å². The van der Waals surface area contributed by atoms with Gasteiger partial charge in [-0.2, -0.15) is 0 Å². The van der Waals surface area contributed by atoms with Crippen LogP contribution in [0, 0.1) is 20.8 Å². The number of hydrogen-bond acceptors (Lipinski definition) is 0. The van der Waals surface area contributed by atoms with Crippen LogP contribution in [0.25, 0.3) is 0 Å². The average Bonchev–Trinajstić information content (AvgIpc) is 2.97. The molecule has 0 amide bonds. The molecule has 0 heterocycles. The minimum Gasteiger partial charge on any atom is -1.00 e. The SMILES string of the molecule is CC1=[C]([Ti+3])C(C)=C([Si](c2cccc(C)c2)(c2cccc(C)c2)c2cccc(C)c2)C1.[Cl-].[Cl-].[Cl-]. The average molecular weight is 548 g/mol. The van der Waals surface area contributed by atoms with Crippen molar-refractivity contribution in [3.63, 3.8) is 0 Å². The standard InChI is InChI=1S/C28H29Si.3ClH.Ti/c1-20-9-6-12-25(16-20)29(26-13-7-10-21(2)17-26,27-14-8-11-22(3)18-27)28-19-23(4)15-24(28)5;;;;/h6-14,16-18H,19H2,1-5H3;3*1H;/q;;;;+3/p-3. The largest absolute Gasteiger partial charge is 1.00 e. The first kappa shape index (κ1) is 30.0. The zero-order valence-corrected chi connectivity index (χ0v) is 24.6. The van der Waals surface area contributed by atoms with Crippen molar-refractivity contribution in [3.8, 4) is 0 Å². The number of hydrogen-bond donors (Lipinski definition) is 0. The van der Waals surface area contributed by atoms with E-state index >= 15 is 0 Å². The first-order valence-corrected chi connectivity index (χ1v) is 13.5. The molecule has 0 nitrogen and oxygen atoms in total. The quantitative estimate of drug-likeness (QED) is 0.232. The van der Waals surface area contributed by atoms with E-state index in [1.165, 1.54) is 47.3 Å². The Kier molecular flexibility index (Phi) is 11.0. The van der Waals surface area contributed by atoms with Crippen molar-refractivity contribution >= 4 is 23.6 Å². The van der Waals surface area contributed by atoms with Crippen LogP contribution in [0.3, 0.4) is 0 Å². The summed E-state index contributed by atoms with van der Waals surface area (Å²) in [6.45, 7) is 11.3. The summed E-state index contributed by atoms with van der Waals surface area (Å²) in [5.74, 6) is 0. The van der Waals surface area contributed by atoms with E-state index in [0.29, 0.717) is 0 Å². The summed E-state index contributed by atoms with van der Waals surface area (Å²) in [5, 5.41) is 6.14. The van der Waals surface area contributed by atoms with E-state index in [0.717, 1.165) is 6.42 Å². The van der Waals surface area contributed by atoms with Gasteiger partial charge in [-0.25, -0.2) is 0 Å². The third kappa shape index (κ3) is 5.45. The smallest absolute Gasteiger partial charge is 1.00 e. The molecule has 4 rings (SSSR count). The Balaban J connectivity index is 0.00000181. The second kappa shape index (κ2) is 12.1. The molecule has 3 aromatic rings. The van der Waals surface area contributed by atoms with Crippen LogP contribution in [0.4, 0.5) is 0 Å². The third-order valence-electron chi connectivity index (χ3n) is 6.50. The topological polar surface area (TPSA) is 0 Å². The summed E-state index contributed by atoms with van der Waals surface area (Å²) in [6, 6.07) is 27.9. The molecule has 0 saturated carbocycles. The molecule has 0 N–H and O–H groups in total. The second-order valence-corrected chi connectivity index (χ2v) is 13.4. The third-order valence-corrected chi connectivity index (χ3v) is 12.7. The first-order valence-electron chi connectivity index (χ1n) is 10.7. The van der Waals surface area contributed by atoms with Crippen LogP contribution in [-0.4, -0.2) is 8.07 Å². The van der Waals surface area contributed by atoms with Gasteiger partial charge in [0.2, 0.25) is 0 Å². The van der Waals surface area contributed by atoms with Crippen LogP contribution in [0.1, 0.15) is 37.0 Å². The fourth-order valence-electron chi connectivity index (χ4n) is 5.03. The molecule has 170 valence electrons. The Bertz CT molecular complexity index is 1090. The summed E-state index contributed by atoms with van der Waals surface area (Å²) in [4.78, 5) is 0. The van der Waals surface area contributed by atoms with Crippen LogP contribution in [0.5, 0.6) is 0 Å². The van der Waals surface area contributed by atoms with Crippen molar-refractivity contribution in [2.75, 3.05) is 0 Å². The normalized spacial score (nSPS) is 13.3. The Morgan fingerprint density at radius 1 is 0.606 bits per heavy atom. The van der Waals surface area contributed by atoms with E-state index in [9.17, 15) is 0 Å². The molecule has 0 spiro atoms. The molecule has 33 heavy (non-hydrogen) atoms. The van der Waals surface area contributed by atoms with Crippen LogP contribution >= 0.6 is 0 Å². The molecule has 0 saturated heterocycles. The molecule has 5 heteroatoms. The molecule has 1 aliphatic rings. The zero-order chi connectivity index (χ0) is 21.5. The number of aryl methyl sites for hydroxylation is 3. The van der Waals surface area contributed by atoms with E-state index in [1.807, 2.05) is 0 Å². The monoisotopic (exact) mass is 546 g/mol. The molecule has 0 radical (unpaired) electrons. The molecular weight excluding hydrogens is 519 g/mol. The minimum absolute atomic E-state index is 0. The van der Waals surface area contributed by atoms with Crippen LogP contribution in [0.15, 0.2) is 93.0 Å². The summed E-state index contributed by atoms with van der Waals surface area (Å²) < 4.78 is 1.48. The van der Waals surface area contributed by atoms with Crippen molar-refractivity contribution in [1.82, 2.24) is 0 Å². The Morgan fingerprint density at radius 3 is 1.24 bits per heavy atom.